The van der Waals surface area contributed by atoms with Gasteiger partial charge in [0.25, 0.3) is 0 Å². The maximum atomic E-state index is 13.6. The molecule has 2 N–H and O–H groups in total. The number of aliphatic carboxylic acids is 1. The van der Waals surface area contributed by atoms with E-state index in [9.17, 15) is 14.3 Å². The van der Waals surface area contributed by atoms with Crippen molar-refractivity contribution < 1.29 is 19.0 Å². The SMILES string of the molecule is CC(C)c1c(C2COC(C(=O)O)C2)c2nc3[nH]ncc3cc2n1-c1ccc(F)cc1. The Morgan fingerprint density at radius 2 is 2.10 bits per heavy atom. The molecule has 154 valence electrons. The summed E-state index contributed by atoms with van der Waals surface area (Å²) in [6.07, 6.45) is 1.29. The van der Waals surface area contributed by atoms with Crippen molar-refractivity contribution in [3.63, 3.8) is 0 Å². The summed E-state index contributed by atoms with van der Waals surface area (Å²) in [6.45, 7) is 4.51. The molecule has 1 fully saturated rings. The average Bonchev–Trinajstić information content (AvgIpc) is 3.43. The minimum Gasteiger partial charge on any atom is -0.479 e. The van der Waals surface area contributed by atoms with Crippen molar-refractivity contribution in [3.8, 4) is 5.69 Å². The first kappa shape index (κ1) is 18.7. The number of benzene rings is 1. The van der Waals surface area contributed by atoms with Crippen LogP contribution in [0.1, 0.15) is 43.4 Å². The van der Waals surface area contributed by atoms with Gasteiger partial charge in [0.05, 0.1) is 23.8 Å². The molecule has 0 radical (unpaired) electrons. The Kier molecular flexibility index (Phi) is 4.32. The van der Waals surface area contributed by atoms with E-state index in [1.54, 1.807) is 18.3 Å². The monoisotopic (exact) mass is 408 g/mol. The van der Waals surface area contributed by atoms with Gasteiger partial charge in [-0.05, 0) is 42.7 Å². The minimum atomic E-state index is -0.949. The number of halogens is 1. The number of carboxylic acids is 1. The third kappa shape index (κ3) is 2.87. The quantitative estimate of drug-likeness (QED) is 0.530. The summed E-state index contributed by atoms with van der Waals surface area (Å²) in [7, 11) is 0. The normalized spacial score (nSPS) is 19.3. The molecule has 4 aromatic rings. The highest BCUT2D eigenvalue weighted by Crippen LogP contribution is 2.42. The molecule has 2 unspecified atom stereocenters. The molecule has 1 aliphatic rings. The van der Waals surface area contributed by atoms with Crippen LogP contribution in [-0.4, -0.2) is 43.5 Å². The molecule has 1 saturated heterocycles. The Balaban J connectivity index is 1.82. The lowest BCUT2D eigenvalue weighted by atomic mass is 9.91. The van der Waals surface area contributed by atoms with Gasteiger partial charge < -0.3 is 14.4 Å². The largest absolute Gasteiger partial charge is 0.479 e. The summed E-state index contributed by atoms with van der Waals surface area (Å²) in [4.78, 5) is 16.3. The van der Waals surface area contributed by atoms with Gasteiger partial charge in [0, 0.05) is 28.2 Å². The van der Waals surface area contributed by atoms with E-state index in [2.05, 4.69) is 28.6 Å². The maximum Gasteiger partial charge on any atom is 0.332 e. The first-order valence-corrected chi connectivity index (χ1v) is 9.92. The predicted molar refractivity (Wildman–Crippen MR) is 110 cm³/mol. The van der Waals surface area contributed by atoms with Crippen molar-refractivity contribution in [1.29, 1.82) is 0 Å². The molecule has 1 aromatic carbocycles. The molecular formula is C22H21FN4O3. The standard InChI is InChI=1S/C22H21FN4O3/c1-11(2)20-18(13-8-17(22(28)29)30-10-13)19-16(7-12-9-24-26-21(12)25-19)27(20)15-5-3-14(23)4-6-15/h3-7,9,11,13,17H,8,10H2,1-2H3,(H,28,29)(H,24,25,26). The minimum absolute atomic E-state index is 0.0967. The van der Waals surface area contributed by atoms with Gasteiger partial charge in [0.15, 0.2) is 11.8 Å². The van der Waals surface area contributed by atoms with Gasteiger partial charge >= 0.3 is 5.97 Å². The highest BCUT2D eigenvalue weighted by Gasteiger charge is 2.36. The zero-order valence-electron chi connectivity index (χ0n) is 16.6. The molecule has 1 aliphatic heterocycles. The zero-order valence-corrected chi connectivity index (χ0v) is 16.6. The number of rotatable bonds is 4. The summed E-state index contributed by atoms with van der Waals surface area (Å²) < 4.78 is 21.3. The number of hydrogen-bond donors (Lipinski definition) is 2. The molecule has 0 saturated carbocycles. The summed E-state index contributed by atoms with van der Waals surface area (Å²) >= 11 is 0. The summed E-state index contributed by atoms with van der Waals surface area (Å²) in [5, 5.41) is 17.3. The Labute approximate surface area is 171 Å². The van der Waals surface area contributed by atoms with E-state index >= 15 is 0 Å². The Morgan fingerprint density at radius 1 is 1.33 bits per heavy atom. The van der Waals surface area contributed by atoms with Crippen LogP contribution >= 0.6 is 0 Å². The number of ether oxygens (including phenoxy) is 1. The first-order chi connectivity index (χ1) is 14.4. The molecule has 0 amide bonds. The van der Waals surface area contributed by atoms with Gasteiger partial charge in [-0.2, -0.15) is 5.10 Å². The fourth-order valence-corrected chi connectivity index (χ4v) is 4.45. The molecule has 0 bridgehead atoms. The van der Waals surface area contributed by atoms with Gasteiger partial charge in [-0.15, -0.1) is 0 Å². The number of hydrogen-bond acceptors (Lipinski definition) is 4. The molecule has 30 heavy (non-hydrogen) atoms. The van der Waals surface area contributed by atoms with Crippen molar-refractivity contribution in [2.24, 2.45) is 0 Å². The van der Waals surface area contributed by atoms with Crippen molar-refractivity contribution in [3.05, 3.63) is 53.6 Å². The fourth-order valence-electron chi connectivity index (χ4n) is 4.45. The van der Waals surface area contributed by atoms with Gasteiger partial charge in [0.1, 0.15) is 5.82 Å². The van der Waals surface area contributed by atoms with E-state index < -0.39 is 12.1 Å². The van der Waals surface area contributed by atoms with Crippen LogP contribution in [0.3, 0.4) is 0 Å². The molecule has 2 atom stereocenters. The number of carbonyl (C=O) groups is 1. The van der Waals surface area contributed by atoms with E-state index in [-0.39, 0.29) is 17.7 Å². The van der Waals surface area contributed by atoms with Crippen LogP contribution < -0.4 is 0 Å². The summed E-state index contributed by atoms with van der Waals surface area (Å²) in [6, 6.07) is 8.39. The van der Waals surface area contributed by atoms with Crippen LogP contribution in [0.5, 0.6) is 0 Å². The van der Waals surface area contributed by atoms with Crippen molar-refractivity contribution in [1.82, 2.24) is 19.7 Å². The van der Waals surface area contributed by atoms with E-state index in [4.69, 9.17) is 9.72 Å². The Bertz CT molecular complexity index is 1260. The lowest BCUT2D eigenvalue weighted by Gasteiger charge is -2.17. The van der Waals surface area contributed by atoms with Crippen molar-refractivity contribution in [2.45, 2.75) is 38.2 Å². The summed E-state index contributed by atoms with van der Waals surface area (Å²) in [5.41, 5.74) is 5.19. The van der Waals surface area contributed by atoms with Crippen LogP contribution in [-0.2, 0) is 9.53 Å². The molecule has 7 nitrogen and oxygen atoms in total. The molecule has 4 heterocycles. The van der Waals surface area contributed by atoms with E-state index in [1.165, 1.54) is 12.1 Å². The van der Waals surface area contributed by atoms with E-state index in [1.807, 2.05) is 6.07 Å². The average molecular weight is 408 g/mol. The van der Waals surface area contributed by atoms with Crippen LogP contribution in [0.2, 0.25) is 0 Å². The zero-order chi connectivity index (χ0) is 21.0. The Morgan fingerprint density at radius 3 is 2.77 bits per heavy atom. The van der Waals surface area contributed by atoms with E-state index in [0.29, 0.717) is 18.7 Å². The number of aromatic nitrogens is 4. The number of H-pyrrole nitrogens is 1. The fraction of sp³-hybridized carbons (Fsp3) is 0.318. The predicted octanol–water partition coefficient (Wildman–Crippen LogP) is 4.12. The van der Waals surface area contributed by atoms with Crippen LogP contribution in [0.4, 0.5) is 4.39 Å². The lowest BCUT2D eigenvalue weighted by Crippen LogP contribution is -2.18. The topological polar surface area (TPSA) is 93.0 Å². The first-order valence-electron chi connectivity index (χ1n) is 9.92. The number of nitrogens with one attached hydrogen (secondary N) is 1. The van der Waals surface area contributed by atoms with Crippen LogP contribution in [0, 0.1) is 5.82 Å². The number of fused-ring (bicyclic) bond motifs is 2. The van der Waals surface area contributed by atoms with Gasteiger partial charge in [0.2, 0.25) is 0 Å². The number of nitrogens with zero attached hydrogens (tertiary/aromatic N) is 3. The number of pyridine rings is 1. The van der Waals surface area contributed by atoms with Crippen molar-refractivity contribution >= 4 is 28.0 Å². The third-order valence-corrected chi connectivity index (χ3v) is 5.73. The second kappa shape index (κ2) is 6.91. The van der Waals surface area contributed by atoms with Crippen LogP contribution in [0.15, 0.2) is 36.5 Å². The molecule has 8 heteroatoms. The van der Waals surface area contributed by atoms with Gasteiger partial charge in [-0.25, -0.2) is 14.2 Å². The Hall–Kier alpha value is -3.26. The van der Waals surface area contributed by atoms with Gasteiger partial charge in [-0.1, -0.05) is 13.8 Å². The van der Waals surface area contributed by atoms with E-state index in [0.717, 1.165) is 33.4 Å². The van der Waals surface area contributed by atoms with Crippen molar-refractivity contribution in [2.75, 3.05) is 6.61 Å². The second-order valence-electron chi connectivity index (χ2n) is 8.02. The number of carboxylic acid groups (broad SMARTS) is 1. The van der Waals surface area contributed by atoms with Gasteiger partial charge in [-0.3, -0.25) is 5.10 Å². The molecular weight excluding hydrogens is 387 g/mol. The second-order valence-corrected chi connectivity index (χ2v) is 8.02. The number of aromatic amines is 1. The third-order valence-electron chi connectivity index (χ3n) is 5.73. The molecule has 3 aromatic heterocycles. The highest BCUT2D eigenvalue weighted by molar-refractivity contribution is 5.93. The maximum absolute atomic E-state index is 13.6. The highest BCUT2D eigenvalue weighted by atomic mass is 19.1. The summed E-state index contributed by atoms with van der Waals surface area (Å²) in [5.74, 6) is -1.22. The smallest absolute Gasteiger partial charge is 0.332 e. The molecule has 0 aliphatic carbocycles. The molecule has 5 rings (SSSR count). The van der Waals surface area contributed by atoms with Crippen LogP contribution in [0.25, 0.3) is 27.8 Å². The lowest BCUT2D eigenvalue weighted by molar-refractivity contribution is -0.147. The molecule has 0 spiro atoms.